The molecule has 0 heterocycles. The lowest BCUT2D eigenvalue weighted by Crippen LogP contribution is -2.30. The molecule has 0 rings (SSSR count). The summed E-state index contributed by atoms with van der Waals surface area (Å²) in [4.78, 5) is 73.0. The Balaban J connectivity index is 5.34. The highest BCUT2D eigenvalue weighted by Gasteiger charge is 2.30. The topological polar surface area (TPSA) is 237 Å². The van der Waals surface area contributed by atoms with E-state index in [2.05, 4.69) is 101 Å². The van der Waals surface area contributed by atoms with Crippen LogP contribution in [0.15, 0.2) is 72.9 Å². The van der Waals surface area contributed by atoms with Crippen LogP contribution in [0.5, 0.6) is 0 Å². The van der Waals surface area contributed by atoms with Gasteiger partial charge in [-0.15, -0.1) is 0 Å². The summed E-state index contributed by atoms with van der Waals surface area (Å²) in [6.45, 7) is 4.75. The van der Waals surface area contributed by atoms with Crippen LogP contribution in [-0.2, 0) is 65.4 Å². The Kier molecular flexibility index (Phi) is 71.2. The second kappa shape index (κ2) is 73.8. The zero-order chi connectivity index (χ0) is 73.2. The van der Waals surface area contributed by atoms with Gasteiger partial charge in [-0.1, -0.05) is 293 Å². The molecule has 0 fully saturated rings. The largest absolute Gasteiger partial charge is 0.472 e. The SMILES string of the molecule is CC/C=C\C/C=C\C/C=C\CCCCCCCCCC(=O)OCC(COP(=O)(O)OCC(O)COP(=O)(O)OCC(COC(=O)CCCCCCCCCCCCCCCCC)OC(=O)CCCCCCC/C=C\CCCCCC)OC(=O)CCCCCCC/C=C\C/C=C\CCCCC. The number of unbranched alkanes of at least 4 members (excludes halogenated alkanes) is 38. The average molecular weight is 1450 g/mol. The quantitative estimate of drug-likeness (QED) is 0.0169. The number of aliphatic hydroxyl groups excluding tert-OH is 1. The highest BCUT2D eigenvalue weighted by Crippen LogP contribution is 2.45. The Hall–Kier alpha value is -3.50. The molecule has 0 aromatic heterocycles. The van der Waals surface area contributed by atoms with Gasteiger partial charge in [0.05, 0.1) is 26.4 Å². The summed E-state index contributed by atoms with van der Waals surface area (Å²) >= 11 is 0. The molecular formula is C81H146O17P2. The Morgan fingerprint density at radius 3 is 0.840 bits per heavy atom. The number of hydrogen-bond acceptors (Lipinski definition) is 15. The number of esters is 4. The highest BCUT2D eigenvalue weighted by molar-refractivity contribution is 7.47. The number of carbonyl (C=O) groups excluding carboxylic acids is 4. The summed E-state index contributed by atoms with van der Waals surface area (Å²) in [5.41, 5.74) is 0. The van der Waals surface area contributed by atoms with Crippen molar-refractivity contribution in [2.45, 2.75) is 380 Å². The molecule has 100 heavy (non-hydrogen) atoms. The van der Waals surface area contributed by atoms with Crippen LogP contribution in [0.3, 0.4) is 0 Å². The first kappa shape index (κ1) is 96.5. The minimum Gasteiger partial charge on any atom is -0.462 e. The minimum absolute atomic E-state index is 0.0789. The number of allylic oxidation sites excluding steroid dienone is 12. The number of carbonyl (C=O) groups is 4. The average Bonchev–Trinajstić information content (AvgIpc) is 1.06. The zero-order valence-corrected chi connectivity index (χ0v) is 65.4. The first-order valence-corrected chi connectivity index (χ1v) is 43.2. The van der Waals surface area contributed by atoms with Gasteiger partial charge in [-0.05, 0) is 116 Å². The summed E-state index contributed by atoms with van der Waals surface area (Å²) in [6.07, 6.45) is 74.4. The maximum Gasteiger partial charge on any atom is 0.472 e. The van der Waals surface area contributed by atoms with Crippen molar-refractivity contribution in [2.24, 2.45) is 0 Å². The van der Waals surface area contributed by atoms with Gasteiger partial charge in [0.15, 0.2) is 12.2 Å². The lowest BCUT2D eigenvalue weighted by Gasteiger charge is -2.21. The normalized spacial score (nSPS) is 14.3. The van der Waals surface area contributed by atoms with Crippen LogP contribution < -0.4 is 0 Å². The Labute approximate surface area is 609 Å². The Morgan fingerprint density at radius 2 is 0.520 bits per heavy atom. The summed E-state index contributed by atoms with van der Waals surface area (Å²) < 4.78 is 68.6. The molecule has 0 bridgehead atoms. The molecule has 0 radical (unpaired) electrons. The predicted molar refractivity (Wildman–Crippen MR) is 409 cm³/mol. The fourth-order valence-corrected chi connectivity index (χ4v) is 12.6. The van der Waals surface area contributed by atoms with Gasteiger partial charge in [0.1, 0.15) is 19.3 Å². The van der Waals surface area contributed by atoms with Gasteiger partial charge in [0.2, 0.25) is 0 Å². The molecule has 19 heteroatoms. The van der Waals surface area contributed by atoms with Gasteiger partial charge in [0, 0.05) is 25.7 Å². The fraction of sp³-hybridized carbons (Fsp3) is 0.802. The second-order valence-electron chi connectivity index (χ2n) is 27.0. The van der Waals surface area contributed by atoms with Crippen LogP contribution in [0.2, 0.25) is 0 Å². The predicted octanol–water partition coefficient (Wildman–Crippen LogP) is 23.2. The number of aliphatic hydroxyl groups is 1. The van der Waals surface area contributed by atoms with Gasteiger partial charge in [-0.25, -0.2) is 9.13 Å². The maximum atomic E-state index is 13.1. The number of rotatable bonds is 76. The van der Waals surface area contributed by atoms with Crippen molar-refractivity contribution in [2.75, 3.05) is 39.6 Å². The molecule has 0 saturated carbocycles. The van der Waals surface area contributed by atoms with Crippen LogP contribution in [0.4, 0.5) is 0 Å². The minimum atomic E-state index is -4.98. The van der Waals surface area contributed by atoms with Crippen LogP contribution in [0.25, 0.3) is 0 Å². The molecule has 0 amide bonds. The van der Waals surface area contributed by atoms with Crippen LogP contribution in [-0.4, -0.2) is 96.7 Å². The van der Waals surface area contributed by atoms with Crippen molar-refractivity contribution in [1.29, 1.82) is 0 Å². The third kappa shape index (κ3) is 72.8. The van der Waals surface area contributed by atoms with Crippen molar-refractivity contribution >= 4 is 39.5 Å². The molecule has 0 aromatic carbocycles. The van der Waals surface area contributed by atoms with Crippen molar-refractivity contribution in [3.63, 3.8) is 0 Å². The number of phosphoric ester groups is 2. The third-order valence-electron chi connectivity index (χ3n) is 17.2. The summed E-state index contributed by atoms with van der Waals surface area (Å²) in [5, 5.41) is 10.6. The summed E-state index contributed by atoms with van der Waals surface area (Å²) in [6, 6.07) is 0. The molecular weight excluding hydrogens is 1310 g/mol. The lowest BCUT2D eigenvalue weighted by atomic mass is 10.0. The fourth-order valence-electron chi connectivity index (χ4n) is 11.0. The van der Waals surface area contributed by atoms with E-state index >= 15 is 0 Å². The summed E-state index contributed by atoms with van der Waals surface area (Å²) in [7, 11) is -9.95. The van der Waals surface area contributed by atoms with E-state index in [4.69, 9.17) is 37.0 Å². The molecule has 5 atom stereocenters. The lowest BCUT2D eigenvalue weighted by molar-refractivity contribution is -0.161. The van der Waals surface area contributed by atoms with E-state index in [1.165, 1.54) is 116 Å². The summed E-state index contributed by atoms with van der Waals surface area (Å²) in [5.74, 6) is -2.18. The molecule has 3 N–H and O–H groups in total. The van der Waals surface area contributed by atoms with Crippen LogP contribution in [0.1, 0.15) is 362 Å². The first-order valence-electron chi connectivity index (χ1n) is 40.2. The van der Waals surface area contributed by atoms with Gasteiger partial charge < -0.3 is 33.8 Å². The van der Waals surface area contributed by atoms with Crippen molar-refractivity contribution < 1.29 is 80.2 Å². The molecule has 0 aromatic rings. The van der Waals surface area contributed by atoms with Crippen LogP contribution in [0, 0.1) is 0 Å². The number of phosphoric acid groups is 2. The smallest absolute Gasteiger partial charge is 0.462 e. The standard InChI is InChI=1S/C81H146O17P2/c1-5-9-13-17-21-25-29-33-36-37-40-43-46-50-54-58-62-66-79(84)92-72-77(98-81(86)68-64-60-56-52-48-44-39-35-31-27-23-19-15-11-7-3)74-96-100(89,90)94-70-75(82)69-93-99(87,88)95-73-76(97-80(85)67-63-59-55-51-47-41-32-28-24-20-16-12-8-4)71-91-78(83)65-61-57-53-49-45-42-38-34-30-26-22-18-14-10-6-2/h9,13,21,23,25,27-28,32-33,35-36,39,75-77,82H,5-8,10-12,14-20,22,24,26,29-31,34,37-38,40-74H2,1-4H3,(H,87,88)(H,89,90)/b13-9-,25-21-,27-23-,32-28-,36-33-,39-35-. The molecule has 17 nitrogen and oxygen atoms in total. The van der Waals surface area contributed by atoms with E-state index in [1.807, 2.05) is 0 Å². The van der Waals surface area contributed by atoms with Crippen molar-refractivity contribution in [3.8, 4) is 0 Å². The zero-order valence-electron chi connectivity index (χ0n) is 63.6. The number of ether oxygens (including phenoxy) is 4. The van der Waals surface area contributed by atoms with Gasteiger partial charge in [-0.2, -0.15) is 0 Å². The van der Waals surface area contributed by atoms with Gasteiger partial charge >= 0.3 is 39.5 Å². The van der Waals surface area contributed by atoms with E-state index in [1.54, 1.807) is 0 Å². The van der Waals surface area contributed by atoms with E-state index in [0.717, 1.165) is 167 Å². The Bertz CT molecular complexity index is 2180. The maximum absolute atomic E-state index is 13.1. The van der Waals surface area contributed by atoms with E-state index in [0.29, 0.717) is 25.7 Å². The number of hydrogen-bond donors (Lipinski definition) is 3. The molecule has 582 valence electrons. The molecule has 0 aliphatic heterocycles. The first-order chi connectivity index (χ1) is 48.7. The van der Waals surface area contributed by atoms with Crippen molar-refractivity contribution in [1.82, 2.24) is 0 Å². The second-order valence-corrected chi connectivity index (χ2v) is 29.9. The van der Waals surface area contributed by atoms with E-state index in [9.17, 15) is 43.2 Å². The van der Waals surface area contributed by atoms with Gasteiger partial charge in [-0.3, -0.25) is 37.3 Å². The van der Waals surface area contributed by atoms with Crippen LogP contribution >= 0.6 is 15.6 Å². The van der Waals surface area contributed by atoms with Gasteiger partial charge in [0.25, 0.3) is 0 Å². The van der Waals surface area contributed by atoms with E-state index in [-0.39, 0.29) is 25.7 Å². The molecule has 5 unspecified atom stereocenters. The third-order valence-corrected chi connectivity index (χ3v) is 19.1. The molecule has 0 aliphatic carbocycles. The molecule has 0 spiro atoms. The Morgan fingerprint density at radius 1 is 0.290 bits per heavy atom. The van der Waals surface area contributed by atoms with E-state index < -0.39 is 97.5 Å². The monoisotopic (exact) mass is 1450 g/mol. The molecule has 0 aliphatic rings. The van der Waals surface area contributed by atoms with Crippen molar-refractivity contribution in [3.05, 3.63) is 72.9 Å². The molecule has 0 saturated heterocycles. The highest BCUT2D eigenvalue weighted by atomic mass is 31.2.